The fourth-order valence-electron chi connectivity index (χ4n) is 4.14. The lowest BCUT2D eigenvalue weighted by molar-refractivity contribution is -0.138. The molecule has 3 N–H and O–H groups in total. The van der Waals surface area contributed by atoms with E-state index in [0.717, 1.165) is 42.3 Å². The van der Waals surface area contributed by atoms with Crippen LogP contribution in [0.3, 0.4) is 0 Å². The van der Waals surface area contributed by atoms with Crippen molar-refractivity contribution in [2.45, 2.75) is 38.0 Å². The highest BCUT2D eigenvalue weighted by Crippen LogP contribution is 2.38. The Kier molecular flexibility index (Phi) is 4.37. The summed E-state index contributed by atoms with van der Waals surface area (Å²) < 4.78 is 1.76. The van der Waals surface area contributed by atoms with Gasteiger partial charge in [0.25, 0.3) is 0 Å². The number of rotatable bonds is 4. The molecule has 4 rings (SSSR count). The molecule has 0 radical (unpaired) electrons. The molecular weight excluding hydrogens is 326 g/mol. The molecule has 0 bridgehead atoms. The second-order valence-corrected chi connectivity index (χ2v) is 7.24. The summed E-state index contributed by atoms with van der Waals surface area (Å²) in [5, 5.41) is 13.2. The van der Waals surface area contributed by atoms with E-state index in [1.165, 1.54) is 5.56 Å². The number of nitrogens with zero attached hydrogens (tertiary/aromatic N) is 2. The van der Waals surface area contributed by atoms with E-state index in [1.807, 2.05) is 18.2 Å². The van der Waals surface area contributed by atoms with E-state index in [0.29, 0.717) is 24.1 Å². The molecule has 0 amide bonds. The molecule has 0 atom stereocenters. The molecule has 0 unspecified atom stereocenters. The van der Waals surface area contributed by atoms with Gasteiger partial charge in [0.2, 0.25) is 0 Å². The summed E-state index contributed by atoms with van der Waals surface area (Å²) in [5.74, 6) is 0.836. The predicted molar refractivity (Wildman–Crippen MR) is 102 cm³/mol. The van der Waals surface area contributed by atoms with Gasteiger partial charge >= 0.3 is 5.97 Å². The highest BCUT2D eigenvalue weighted by atomic mass is 16.4. The van der Waals surface area contributed by atoms with Crippen molar-refractivity contribution in [3.8, 4) is 11.1 Å². The van der Waals surface area contributed by atoms with Crippen LogP contribution < -0.4 is 5.73 Å². The number of fused-ring (bicyclic) bond motifs is 1. The number of pyridine rings is 1. The van der Waals surface area contributed by atoms with Crippen molar-refractivity contribution in [2.75, 3.05) is 5.73 Å². The Morgan fingerprint density at radius 3 is 2.50 bits per heavy atom. The zero-order valence-corrected chi connectivity index (χ0v) is 14.6. The lowest BCUT2D eigenvalue weighted by Crippen LogP contribution is -2.16. The Labute approximate surface area is 152 Å². The summed E-state index contributed by atoms with van der Waals surface area (Å²) in [6, 6.07) is 14.6. The van der Waals surface area contributed by atoms with Gasteiger partial charge in [0.1, 0.15) is 5.82 Å². The summed E-state index contributed by atoms with van der Waals surface area (Å²) in [6.07, 6.45) is 6.20. The SMILES string of the molecule is Nc1c(-c2ccc(C3CCC(CC(=O)O)CC3)cc2)ccc2ccnn12. The van der Waals surface area contributed by atoms with Crippen LogP contribution in [-0.2, 0) is 4.79 Å². The number of aromatic nitrogens is 2. The zero-order chi connectivity index (χ0) is 18.1. The van der Waals surface area contributed by atoms with Crippen LogP contribution in [0.15, 0.2) is 48.7 Å². The van der Waals surface area contributed by atoms with Gasteiger partial charge in [0, 0.05) is 12.0 Å². The monoisotopic (exact) mass is 349 g/mol. The molecule has 5 nitrogen and oxygen atoms in total. The second-order valence-electron chi connectivity index (χ2n) is 7.24. The minimum Gasteiger partial charge on any atom is -0.481 e. The molecule has 26 heavy (non-hydrogen) atoms. The Morgan fingerprint density at radius 1 is 1.08 bits per heavy atom. The van der Waals surface area contributed by atoms with Crippen molar-refractivity contribution >= 4 is 17.3 Å². The first-order chi connectivity index (χ1) is 12.6. The van der Waals surface area contributed by atoms with Crippen LogP contribution in [-0.4, -0.2) is 20.7 Å². The van der Waals surface area contributed by atoms with E-state index in [4.69, 9.17) is 10.8 Å². The highest BCUT2D eigenvalue weighted by molar-refractivity contribution is 5.77. The van der Waals surface area contributed by atoms with Gasteiger partial charge in [-0.3, -0.25) is 4.79 Å². The van der Waals surface area contributed by atoms with Gasteiger partial charge in [0.15, 0.2) is 0 Å². The van der Waals surface area contributed by atoms with Crippen LogP contribution in [0.1, 0.15) is 43.6 Å². The molecule has 0 spiro atoms. The van der Waals surface area contributed by atoms with Gasteiger partial charge < -0.3 is 10.8 Å². The van der Waals surface area contributed by atoms with Gasteiger partial charge in [-0.15, -0.1) is 0 Å². The number of nitrogen functional groups attached to an aromatic ring is 1. The first-order valence-electron chi connectivity index (χ1n) is 9.16. The van der Waals surface area contributed by atoms with Crippen LogP contribution in [0.5, 0.6) is 0 Å². The normalized spacial score (nSPS) is 20.3. The van der Waals surface area contributed by atoms with Crippen LogP contribution >= 0.6 is 0 Å². The fourth-order valence-corrected chi connectivity index (χ4v) is 4.14. The summed E-state index contributed by atoms with van der Waals surface area (Å²) in [5.41, 5.74) is 10.7. The van der Waals surface area contributed by atoms with Crippen LogP contribution in [0.4, 0.5) is 5.82 Å². The summed E-state index contributed by atoms with van der Waals surface area (Å²) in [6.45, 7) is 0. The number of carboxylic acid groups (broad SMARTS) is 1. The van der Waals surface area contributed by atoms with Crippen molar-refractivity contribution in [1.82, 2.24) is 9.61 Å². The number of benzene rings is 1. The molecule has 2 heterocycles. The van der Waals surface area contributed by atoms with Crippen molar-refractivity contribution in [3.05, 3.63) is 54.2 Å². The minimum atomic E-state index is -0.676. The van der Waals surface area contributed by atoms with Gasteiger partial charge in [-0.2, -0.15) is 5.10 Å². The summed E-state index contributed by atoms with van der Waals surface area (Å²) in [7, 11) is 0. The fraction of sp³-hybridized carbons (Fsp3) is 0.333. The van der Waals surface area contributed by atoms with E-state index >= 15 is 0 Å². The minimum absolute atomic E-state index is 0.306. The molecule has 1 fully saturated rings. The quantitative estimate of drug-likeness (QED) is 0.734. The van der Waals surface area contributed by atoms with Crippen molar-refractivity contribution in [1.29, 1.82) is 0 Å². The first-order valence-corrected chi connectivity index (χ1v) is 9.16. The van der Waals surface area contributed by atoms with Crippen LogP contribution in [0.2, 0.25) is 0 Å². The first kappa shape index (κ1) is 16.6. The molecular formula is C21H23N3O2. The number of anilines is 1. The van der Waals surface area contributed by atoms with E-state index < -0.39 is 5.97 Å². The molecule has 1 aliphatic rings. The molecule has 5 heteroatoms. The van der Waals surface area contributed by atoms with Gasteiger partial charge in [-0.1, -0.05) is 24.3 Å². The topological polar surface area (TPSA) is 80.6 Å². The number of hydrogen-bond donors (Lipinski definition) is 2. The Morgan fingerprint density at radius 2 is 1.81 bits per heavy atom. The van der Waals surface area contributed by atoms with E-state index in [9.17, 15) is 4.79 Å². The van der Waals surface area contributed by atoms with Crippen LogP contribution in [0, 0.1) is 5.92 Å². The molecule has 1 aromatic carbocycles. The van der Waals surface area contributed by atoms with E-state index in [2.05, 4.69) is 29.4 Å². The maximum absolute atomic E-state index is 10.9. The number of carbonyl (C=O) groups is 1. The Bertz CT molecular complexity index is 922. The average molecular weight is 349 g/mol. The van der Waals surface area contributed by atoms with E-state index in [1.54, 1.807) is 10.7 Å². The molecule has 3 aromatic rings. The maximum Gasteiger partial charge on any atom is 0.303 e. The van der Waals surface area contributed by atoms with Crippen molar-refractivity contribution < 1.29 is 9.90 Å². The van der Waals surface area contributed by atoms with Crippen LogP contribution in [0.25, 0.3) is 16.6 Å². The maximum atomic E-state index is 10.9. The van der Waals surface area contributed by atoms with Gasteiger partial charge in [0.05, 0.1) is 11.7 Å². The lowest BCUT2D eigenvalue weighted by atomic mass is 9.77. The number of aliphatic carboxylic acids is 1. The molecule has 2 aromatic heterocycles. The Balaban J connectivity index is 1.50. The third-order valence-corrected chi connectivity index (χ3v) is 5.60. The molecule has 1 aliphatic carbocycles. The van der Waals surface area contributed by atoms with Crippen molar-refractivity contribution in [3.63, 3.8) is 0 Å². The largest absolute Gasteiger partial charge is 0.481 e. The summed E-state index contributed by atoms with van der Waals surface area (Å²) in [4.78, 5) is 10.9. The number of nitrogens with two attached hydrogens (primary N) is 1. The molecule has 1 saturated carbocycles. The van der Waals surface area contributed by atoms with Gasteiger partial charge in [-0.05, 0) is 66.8 Å². The number of hydrogen-bond acceptors (Lipinski definition) is 3. The second kappa shape index (κ2) is 6.83. The molecule has 0 saturated heterocycles. The molecule has 0 aliphatic heterocycles. The van der Waals surface area contributed by atoms with Gasteiger partial charge in [-0.25, -0.2) is 4.52 Å². The Hall–Kier alpha value is -2.82. The highest BCUT2D eigenvalue weighted by Gasteiger charge is 2.24. The lowest BCUT2D eigenvalue weighted by Gasteiger charge is -2.28. The smallest absolute Gasteiger partial charge is 0.303 e. The molecule has 134 valence electrons. The third-order valence-electron chi connectivity index (χ3n) is 5.60. The number of carboxylic acids is 1. The summed E-state index contributed by atoms with van der Waals surface area (Å²) >= 11 is 0. The third kappa shape index (κ3) is 3.17. The zero-order valence-electron chi connectivity index (χ0n) is 14.6. The van der Waals surface area contributed by atoms with Crippen molar-refractivity contribution in [2.24, 2.45) is 5.92 Å². The van der Waals surface area contributed by atoms with E-state index in [-0.39, 0.29) is 0 Å². The average Bonchev–Trinajstić information content (AvgIpc) is 3.12. The standard InChI is InChI=1S/C21H23N3O2/c22-21-19(10-9-18-11-12-23-24(18)21)17-7-5-16(6-8-17)15-3-1-14(2-4-15)13-20(25)26/h5-12,14-15H,1-4,13,22H2,(H,25,26). The predicted octanol–water partition coefficient (Wildman–Crippen LogP) is 4.33.